The predicted octanol–water partition coefficient (Wildman–Crippen LogP) is 2.93. The van der Waals surface area contributed by atoms with Crippen molar-refractivity contribution in [3.8, 4) is 5.69 Å². The summed E-state index contributed by atoms with van der Waals surface area (Å²) in [6.07, 6.45) is -4.44. The molecule has 2 aromatic rings. The zero-order chi connectivity index (χ0) is 12.5. The Hall–Kier alpha value is -1.98. The molecule has 0 unspecified atom stereocenters. The van der Waals surface area contributed by atoms with Crippen LogP contribution in [0, 0.1) is 0 Å². The second kappa shape index (κ2) is 4.12. The maximum atomic E-state index is 12.5. The van der Waals surface area contributed by atoms with Crippen LogP contribution in [0.25, 0.3) is 5.69 Å². The van der Waals surface area contributed by atoms with E-state index in [-0.39, 0.29) is 0 Å². The molecular formula is C11H10F3N3. The average molecular weight is 241 g/mol. The summed E-state index contributed by atoms with van der Waals surface area (Å²) in [4.78, 5) is 0. The van der Waals surface area contributed by atoms with Gasteiger partial charge in [-0.25, -0.2) is 4.68 Å². The van der Waals surface area contributed by atoms with Crippen LogP contribution in [0.3, 0.4) is 0 Å². The fourth-order valence-corrected chi connectivity index (χ4v) is 1.46. The first kappa shape index (κ1) is 11.5. The third kappa shape index (κ3) is 2.25. The minimum atomic E-state index is -4.44. The Balaban J connectivity index is 2.51. The summed E-state index contributed by atoms with van der Waals surface area (Å²) in [6.45, 7) is 0. The standard InChI is InChI=1S/C11H10F3N3/c1-15-10-7-9(11(12,13)14)16-17(10)8-5-3-2-4-6-8/h2-7,15H,1H3. The van der Waals surface area contributed by atoms with Gasteiger partial charge >= 0.3 is 6.18 Å². The van der Waals surface area contributed by atoms with Crippen LogP contribution < -0.4 is 5.32 Å². The Morgan fingerprint density at radius 1 is 1.18 bits per heavy atom. The summed E-state index contributed by atoms with van der Waals surface area (Å²) < 4.78 is 38.8. The van der Waals surface area contributed by atoms with Crippen LogP contribution in [0.1, 0.15) is 5.69 Å². The second-order valence-corrected chi connectivity index (χ2v) is 3.41. The summed E-state index contributed by atoms with van der Waals surface area (Å²) in [5.41, 5.74) is -0.335. The summed E-state index contributed by atoms with van der Waals surface area (Å²) in [5, 5.41) is 6.24. The van der Waals surface area contributed by atoms with Crippen molar-refractivity contribution in [2.24, 2.45) is 0 Å². The lowest BCUT2D eigenvalue weighted by molar-refractivity contribution is -0.141. The van der Waals surface area contributed by atoms with E-state index in [0.717, 1.165) is 6.07 Å². The Bertz CT molecular complexity index is 502. The highest BCUT2D eigenvalue weighted by atomic mass is 19.4. The molecule has 1 N–H and O–H groups in total. The van der Waals surface area contributed by atoms with Crippen LogP contribution in [0.15, 0.2) is 36.4 Å². The SMILES string of the molecule is CNc1cc(C(F)(F)F)nn1-c1ccccc1. The molecule has 0 fully saturated rings. The molecule has 0 bridgehead atoms. The van der Waals surface area contributed by atoms with E-state index in [9.17, 15) is 13.2 Å². The lowest BCUT2D eigenvalue weighted by atomic mass is 10.3. The van der Waals surface area contributed by atoms with Crippen LogP contribution in [-0.4, -0.2) is 16.8 Å². The maximum absolute atomic E-state index is 12.5. The minimum absolute atomic E-state index is 0.295. The Labute approximate surface area is 95.9 Å². The monoisotopic (exact) mass is 241 g/mol. The number of hydrogen-bond acceptors (Lipinski definition) is 2. The normalized spacial score (nSPS) is 11.5. The Morgan fingerprint density at radius 2 is 1.82 bits per heavy atom. The first-order valence-corrected chi connectivity index (χ1v) is 4.93. The van der Waals surface area contributed by atoms with Gasteiger partial charge in [0.25, 0.3) is 0 Å². The molecule has 1 heterocycles. The van der Waals surface area contributed by atoms with Crippen LogP contribution in [-0.2, 0) is 6.18 Å². The smallest absolute Gasteiger partial charge is 0.373 e. The van der Waals surface area contributed by atoms with Crippen LogP contribution >= 0.6 is 0 Å². The lowest BCUT2D eigenvalue weighted by Crippen LogP contribution is -2.07. The van der Waals surface area contributed by atoms with Gasteiger partial charge in [0.2, 0.25) is 0 Å². The zero-order valence-electron chi connectivity index (χ0n) is 8.99. The van der Waals surface area contributed by atoms with Crippen molar-refractivity contribution in [3.05, 3.63) is 42.1 Å². The molecule has 0 saturated heterocycles. The highest BCUT2D eigenvalue weighted by molar-refractivity contribution is 5.46. The third-order valence-electron chi connectivity index (χ3n) is 2.26. The van der Waals surface area contributed by atoms with Gasteiger partial charge < -0.3 is 5.32 Å². The molecule has 0 aliphatic rings. The van der Waals surface area contributed by atoms with Gasteiger partial charge in [-0.2, -0.15) is 18.3 Å². The largest absolute Gasteiger partial charge is 0.435 e. The predicted molar refractivity (Wildman–Crippen MR) is 58.1 cm³/mol. The molecule has 0 atom stereocenters. The zero-order valence-corrected chi connectivity index (χ0v) is 8.99. The molecule has 6 heteroatoms. The van der Waals surface area contributed by atoms with E-state index in [1.165, 1.54) is 4.68 Å². The number of nitrogens with one attached hydrogen (secondary N) is 1. The van der Waals surface area contributed by atoms with E-state index in [0.29, 0.717) is 11.5 Å². The summed E-state index contributed by atoms with van der Waals surface area (Å²) in [7, 11) is 1.55. The molecule has 2 rings (SSSR count). The molecule has 0 aliphatic carbocycles. The van der Waals surface area contributed by atoms with E-state index >= 15 is 0 Å². The number of benzene rings is 1. The van der Waals surface area contributed by atoms with Crippen LogP contribution in [0.4, 0.5) is 19.0 Å². The molecule has 0 amide bonds. The minimum Gasteiger partial charge on any atom is -0.373 e. The van der Waals surface area contributed by atoms with E-state index in [4.69, 9.17) is 0 Å². The van der Waals surface area contributed by atoms with Crippen molar-refractivity contribution in [2.45, 2.75) is 6.18 Å². The highest BCUT2D eigenvalue weighted by Crippen LogP contribution is 2.30. The van der Waals surface area contributed by atoms with Crippen LogP contribution in [0.2, 0.25) is 0 Å². The first-order chi connectivity index (χ1) is 8.02. The Kier molecular flexibility index (Phi) is 2.79. The Morgan fingerprint density at radius 3 is 2.35 bits per heavy atom. The molecule has 1 aromatic carbocycles. The molecule has 0 radical (unpaired) electrons. The van der Waals surface area contributed by atoms with E-state index in [1.54, 1.807) is 37.4 Å². The van der Waals surface area contributed by atoms with Crippen LogP contribution in [0.5, 0.6) is 0 Å². The molecule has 0 spiro atoms. The number of alkyl halides is 3. The fourth-order valence-electron chi connectivity index (χ4n) is 1.46. The number of nitrogens with zero attached hydrogens (tertiary/aromatic N) is 2. The van der Waals surface area contributed by atoms with E-state index in [1.807, 2.05) is 0 Å². The van der Waals surface area contributed by atoms with Gasteiger partial charge in [0.05, 0.1) is 5.69 Å². The summed E-state index contributed by atoms with van der Waals surface area (Å²) in [6, 6.07) is 9.62. The molecule has 1 aromatic heterocycles. The molecule has 90 valence electrons. The van der Waals surface area contributed by atoms with Gasteiger partial charge in [0, 0.05) is 13.1 Å². The van der Waals surface area contributed by atoms with Gasteiger partial charge in [-0.15, -0.1) is 0 Å². The number of para-hydroxylation sites is 1. The molecule has 17 heavy (non-hydrogen) atoms. The molecule has 3 nitrogen and oxygen atoms in total. The number of hydrogen-bond donors (Lipinski definition) is 1. The van der Waals surface area contributed by atoms with Gasteiger partial charge in [-0.3, -0.25) is 0 Å². The number of aromatic nitrogens is 2. The quantitative estimate of drug-likeness (QED) is 0.876. The van der Waals surface area contributed by atoms with Crippen molar-refractivity contribution < 1.29 is 13.2 Å². The third-order valence-corrected chi connectivity index (χ3v) is 2.26. The van der Waals surface area contributed by atoms with Gasteiger partial charge in [0.1, 0.15) is 5.82 Å². The van der Waals surface area contributed by atoms with Crippen molar-refractivity contribution in [1.82, 2.24) is 9.78 Å². The molecular weight excluding hydrogens is 231 g/mol. The fraction of sp³-hybridized carbons (Fsp3) is 0.182. The summed E-state index contributed by atoms with van der Waals surface area (Å²) in [5.74, 6) is 0.295. The first-order valence-electron chi connectivity index (χ1n) is 4.93. The molecule has 0 saturated carbocycles. The second-order valence-electron chi connectivity index (χ2n) is 3.41. The van der Waals surface area contributed by atoms with Crippen molar-refractivity contribution in [3.63, 3.8) is 0 Å². The van der Waals surface area contributed by atoms with Crippen molar-refractivity contribution in [2.75, 3.05) is 12.4 Å². The number of anilines is 1. The topological polar surface area (TPSA) is 29.9 Å². The maximum Gasteiger partial charge on any atom is 0.435 e. The van der Waals surface area contributed by atoms with E-state index in [2.05, 4.69) is 10.4 Å². The lowest BCUT2D eigenvalue weighted by Gasteiger charge is -2.05. The van der Waals surface area contributed by atoms with Gasteiger partial charge in [-0.1, -0.05) is 18.2 Å². The van der Waals surface area contributed by atoms with Crippen molar-refractivity contribution in [1.29, 1.82) is 0 Å². The van der Waals surface area contributed by atoms with Crippen molar-refractivity contribution >= 4 is 5.82 Å². The summed E-state index contributed by atoms with van der Waals surface area (Å²) >= 11 is 0. The van der Waals surface area contributed by atoms with Gasteiger partial charge in [0.15, 0.2) is 5.69 Å². The average Bonchev–Trinajstić information content (AvgIpc) is 2.73. The number of halogens is 3. The van der Waals surface area contributed by atoms with E-state index < -0.39 is 11.9 Å². The van der Waals surface area contributed by atoms with Gasteiger partial charge in [-0.05, 0) is 12.1 Å². The highest BCUT2D eigenvalue weighted by Gasteiger charge is 2.35. The molecule has 0 aliphatic heterocycles. The number of rotatable bonds is 2.